The summed E-state index contributed by atoms with van der Waals surface area (Å²) in [6, 6.07) is 22.9. The van der Waals surface area contributed by atoms with Crippen LogP contribution in [0.5, 0.6) is 0 Å². The quantitative estimate of drug-likeness (QED) is 0.166. The molecule has 0 aliphatic rings. The number of rotatable bonds is 12. The number of carbonyl (C=O) groups excluding carboxylic acids is 2. The first-order valence-corrected chi connectivity index (χ1v) is 14.2. The Labute approximate surface area is 255 Å². The van der Waals surface area contributed by atoms with Gasteiger partial charge in [-0.15, -0.1) is 0 Å². The van der Waals surface area contributed by atoms with Gasteiger partial charge in [-0.25, -0.2) is 4.79 Å². The first-order valence-electron chi connectivity index (χ1n) is 12.8. The summed E-state index contributed by atoms with van der Waals surface area (Å²) in [5.74, 6) is 0.307. The molecule has 0 saturated carbocycles. The molecule has 41 heavy (non-hydrogen) atoms. The number of hydrogen-bond donors (Lipinski definition) is 2. The van der Waals surface area contributed by atoms with Crippen LogP contribution in [0.2, 0.25) is 0 Å². The van der Waals surface area contributed by atoms with Crippen LogP contribution >= 0.6 is 11.8 Å². The van der Waals surface area contributed by atoms with E-state index in [0.717, 1.165) is 28.5 Å². The molecule has 0 bridgehead atoms. The van der Waals surface area contributed by atoms with E-state index in [1.807, 2.05) is 67.8 Å². The number of hydrogen-bond acceptors (Lipinski definition) is 6. The van der Waals surface area contributed by atoms with Crippen LogP contribution in [-0.4, -0.2) is 67.3 Å². The monoisotopic (exact) mass is 565 g/mol. The van der Waals surface area contributed by atoms with Crippen LogP contribution in [0.1, 0.15) is 50.1 Å². The number of thioether (sulfide) groups is 1. The topological polar surface area (TPSA) is 106 Å². The van der Waals surface area contributed by atoms with Crippen molar-refractivity contribution < 1.29 is 28.6 Å². The Balaban J connectivity index is 0.00000462. The molecule has 2 unspecified atom stereocenters. The molecule has 0 aliphatic carbocycles. The van der Waals surface area contributed by atoms with E-state index < -0.39 is 24.0 Å². The van der Waals surface area contributed by atoms with Gasteiger partial charge in [0.2, 0.25) is 0 Å². The van der Waals surface area contributed by atoms with Gasteiger partial charge in [-0.2, -0.15) is 11.8 Å². The summed E-state index contributed by atoms with van der Waals surface area (Å²) in [5.41, 5.74) is 5.05. The number of methoxy groups -OCH3 is 1. The van der Waals surface area contributed by atoms with Gasteiger partial charge in [-0.1, -0.05) is 54.6 Å². The Bertz CT molecular complexity index is 1500. The minimum atomic E-state index is -1.06. The summed E-state index contributed by atoms with van der Waals surface area (Å²) in [7, 11) is 1.59. The number of amides is 1. The third-order valence-corrected chi connectivity index (χ3v) is 7.34. The number of carboxylic acid groups (broad SMARTS) is 1. The molecule has 9 heteroatoms. The standard InChI is InChI=1S/C32H31NO6S.Li.H/c1-20-6-4-5-7-24(20)26-18-23(12-13-25(26)31(35)33-27(32(36)37)16-17-40-3)30(38-2)29-15-14-28(39-29)22-10-8-21(19-34)9-11-22;;/h4-15,18-19,27,30H,16-17H2,1-3H3,(H,33,35)(H,36,37);;. The van der Waals surface area contributed by atoms with Crippen LogP contribution in [0, 0.1) is 6.92 Å². The maximum atomic E-state index is 13.4. The SMILES string of the molecule is COC(c1ccc(C(=O)NC(CCSC)C(=O)O)c(-c2ccccc2C)c1)c1ccc(-c2ccc(C=O)cc2)o1.[LiH]. The number of nitrogens with one attached hydrogen (secondary N) is 1. The molecule has 3 aromatic carbocycles. The summed E-state index contributed by atoms with van der Waals surface area (Å²) < 4.78 is 12.0. The Morgan fingerprint density at radius 3 is 2.39 bits per heavy atom. The van der Waals surface area contributed by atoms with Crippen molar-refractivity contribution in [3.63, 3.8) is 0 Å². The van der Waals surface area contributed by atoms with Crippen molar-refractivity contribution in [2.45, 2.75) is 25.5 Å². The molecule has 0 saturated heterocycles. The number of aryl methyl sites for hydroxylation is 1. The van der Waals surface area contributed by atoms with E-state index in [1.54, 1.807) is 31.4 Å². The number of furan rings is 1. The predicted octanol–water partition coefficient (Wildman–Crippen LogP) is 5.76. The fourth-order valence-electron chi connectivity index (χ4n) is 4.54. The van der Waals surface area contributed by atoms with Crippen molar-refractivity contribution in [2.75, 3.05) is 19.1 Å². The van der Waals surface area contributed by atoms with Crippen molar-refractivity contribution in [2.24, 2.45) is 0 Å². The fraction of sp³-hybridized carbons (Fsp3) is 0.219. The molecular formula is C32H32LiNO6S. The molecule has 0 spiro atoms. The van der Waals surface area contributed by atoms with Crippen LogP contribution < -0.4 is 5.32 Å². The normalized spacial score (nSPS) is 12.2. The Morgan fingerprint density at radius 2 is 1.76 bits per heavy atom. The van der Waals surface area contributed by atoms with E-state index in [-0.39, 0.29) is 18.9 Å². The first-order chi connectivity index (χ1) is 19.4. The van der Waals surface area contributed by atoms with Gasteiger partial charge in [0.15, 0.2) is 0 Å². The average Bonchev–Trinajstić information content (AvgIpc) is 3.45. The second kappa shape index (κ2) is 14.9. The van der Waals surface area contributed by atoms with Gasteiger partial charge >= 0.3 is 24.8 Å². The summed E-state index contributed by atoms with van der Waals surface area (Å²) in [6.07, 6.45) is 2.45. The molecule has 1 amide bonds. The zero-order chi connectivity index (χ0) is 28.6. The molecule has 2 N–H and O–H groups in total. The molecule has 1 heterocycles. The number of aldehydes is 1. The number of carbonyl (C=O) groups is 3. The maximum absolute atomic E-state index is 13.4. The van der Waals surface area contributed by atoms with E-state index in [4.69, 9.17) is 9.15 Å². The molecular weight excluding hydrogens is 533 g/mol. The van der Waals surface area contributed by atoms with Crippen LogP contribution in [-0.2, 0) is 9.53 Å². The van der Waals surface area contributed by atoms with Crippen LogP contribution in [0.3, 0.4) is 0 Å². The molecule has 1 aromatic heterocycles. The first kappa shape index (κ1) is 32.0. The van der Waals surface area contributed by atoms with Gasteiger partial charge in [-0.05, 0) is 71.9 Å². The predicted molar refractivity (Wildman–Crippen MR) is 164 cm³/mol. The molecule has 4 aromatic rings. The molecule has 2 atom stereocenters. The van der Waals surface area contributed by atoms with Gasteiger partial charge in [0.05, 0.1) is 0 Å². The Morgan fingerprint density at radius 1 is 1.02 bits per heavy atom. The molecule has 7 nitrogen and oxygen atoms in total. The number of ether oxygens (including phenoxy) is 1. The van der Waals surface area contributed by atoms with Crippen LogP contribution in [0.25, 0.3) is 22.5 Å². The summed E-state index contributed by atoms with van der Waals surface area (Å²) in [6.45, 7) is 1.96. The third kappa shape index (κ3) is 7.60. The van der Waals surface area contributed by atoms with Crippen molar-refractivity contribution in [3.05, 3.63) is 107 Å². The number of benzene rings is 3. The molecule has 4 rings (SSSR count). The van der Waals surface area contributed by atoms with Crippen molar-refractivity contribution >= 4 is 48.8 Å². The molecule has 208 valence electrons. The summed E-state index contributed by atoms with van der Waals surface area (Å²) in [5, 5.41) is 12.3. The van der Waals surface area contributed by atoms with E-state index in [9.17, 15) is 19.5 Å². The van der Waals surface area contributed by atoms with Crippen LogP contribution in [0.15, 0.2) is 83.3 Å². The number of aliphatic carboxylic acids is 1. The molecule has 0 radical (unpaired) electrons. The van der Waals surface area contributed by atoms with Gasteiger partial charge < -0.3 is 19.6 Å². The van der Waals surface area contributed by atoms with E-state index >= 15 is 0 Å². The Kier molecular flexibility index (Phi) is 11.6. The minimum absolute atomic E-state index is 0. The van der Waals surface area contributed by atoms with Crippen LogP contribution in [0.4, 0.5) is 0 Å². The van der Waals surface area contributed by atoms with E-state index in [2.05, 4.69) is 5.32 Å². The zero-order valence-electron chi connectivity index (χ0n) is 22.5. The third-order valence-electron chi connectivity index (χ3n) is 6.69. The van der Waals surface area contributed by atoms with E-state index in [0.29, 0.717) is 40.4 Å². The van der Waals surface area contributed by atoms with E-state index in [1.165, 1.54) is 11.8 Å². The summed E-state index contributed by atoms with van der Waals surface area (Å²) >= 11 is 1.53. The van der Waals surface area contributed by atoms with Crippen molar-refractivity contribution in [3.8, 4) is 22.5 Å². The second-order valence-electron chi connectivity index (χ2n) is 9.32. The van der Waals surface area contributed by atoms with Crippen molar-refractivity contribution in [1.29, 1.82) is 0 Å². The van der Waals surface area contributed by atoms with Gasteiger partial charge in [0.25, 0.3) is 5.91 Å². The van der Waals surface area contributed by atoms with Crippen molar-refractivity contribution in [1.82, 2.24) is 5.32 Å². The molecule has 0 aliphatic heterocycles. The number of carboxylic acids is 1. The fourth-order valence-corrected chi connectivity index (χ4v) is 5.01. The molecule has 0 fully saturated rings. The van der Waals surface area contributed by atoms with Gasteiger partial charge in [0.1, 0.15) is 30.0 Å². The zero-order valence-corrected chi connectivity index (χ0v) is 23.4. The Hall–Kier alpha value is -3.54. The van der Waals surface area contributed by atoms with Gasteiger partial charge in [-0.3, -0.25) is 9.59 Å². The summed E-state index contributed by atoms with van der Waals surface area (Å²) in [4.78, 5) is 36.2. The van der Waals surface area contributed by atoms with Gasteiger partial charge in [0, 0.05) is 23.8 Å². The average molecular weight is 566 g/mol. The second-order valence-corrected chi connectivity index (χ2v) is 10.3.